The Balaban J connectivity index is 2.40. The summed E-state index contributed by atoms with van der Waals surface area (Å²) in [5.41, 5.74) is 0. The van der Waals surface area contributed by atoms with Crippen LogP contribution in [-0.4, -0.2) is 13.1 Å². The molecule has 0 bridgehead atoms. The summed E-state index contributed by atoms with van der Waals surface area (Å²) in [5, 5.41) is 3.59. The second-order valence-corrected chi connectivity index (χ2v) is 5.83. The van der Waals surface area contributed by atoms with Crippen molar-refractivity contribution in [2.24, 2.45) is 17.8 Å². The summed E-state index contributed by atoms with van der Waals surface area (Å²) in [6.07, 6.45) is 9.88. The molecule has 0 aromatic carbocycles. The largest absolute Gasteiger partial charge is 0.317 e. The molecule has 1 saturated carbocycles. The van der Waals surface area contributed by atoms with Crippen molar-refractivity contribution in [3.63, 3.8) is 0 Å². The quantitative estimate of drug-likeness (QED) is 0.713. The van der Waals surface area contributed by atoms with E-state index in [4.69, 9.17) is 0 Å². The number of hydrogen-bond donors (Lipinski definition) is 1. The molecule has 0 spiro atoms. The van der Waals surface area contributed by atoms with Crippen LogP contribution in [-0.2, 0) is 0 Å². The van der Waals surface area contributed by atoms with Gasteiger partial charge in [-0.1, -0.05) is 46.5 Å². The van der Waals surface area contributed by atoms with Gasteiger partial charge in [-0.05, 0) is 44.1 Å². The fourth-order valence-electron chi connectivity index (χ4n) is 3.22. The fraction of sp³-hybridized carbons (Fsp3) is 1.00. The van der Waals surface area contributed by atoms with Gasteiger partial charge < -0.3 is 5.32 Å². The van der Waals surface area contributed by atoms with Crippen LogP contribution in [0.15, 0.2) is 0 Å². The van der Waals surface area contributed by atoms with Crippen molar-refractivity contribution >= 4 is 0 Å². The summed E-state index contributed by atoms with van der Waals surface area (Å²) in [6.45, 7) is 7.08. The minimum Gasteiger partial charge on any atom is -0.317 e. The van der Waals surface area contributed by atoms with Gasteiger partial charge in [-0.3, -0.25) is 0 Å². The predicted octanol–water partition coefficient (Wildman–Crippen LogP) is 4.23. The van der Waals surface area contributed by atoms with Crippen molar-refractivity contribution in [1.82, 2.24) is 5.32 Å². The smallest absolute Gasteiger partial charge is 0.00949 e. The Kier molecular flexibility index (Phi) is 6.41. The normalized spacial score (nSPS) is 28.3. The van der Waals surface area contributed by atoms with Gasteiger partial charge in [0.15, 0.2) is 0 Å². The van der Waals surface area contributed by atoms with Gasteiger partial charge in [0, 0.05) is 6.04 Å². The zero-order valence-electron chi connectivity index (χ0n) is 11.8. The molecule has 0 radical (unpaired) electrons. The van der Waals surface area contributed by atoms with Crippen molar-refractivity contribution in [2.45, 2.75) is 71.8 Å². The molecular weight excluding hydrogens is 194 g/mol. The third-order valence-electron chi connectivity index (χ3n) is 4.74. The van der Waals surface area contributed by atoms with Crippen LogP contribution in [0.2, 0.25) is 0 Å². The number of rotatable bonds is 6. The van der Waals surface area contributed by atoms with Crippen molar-refractivity contribution in [1.29, 1.82) is 0 Å². The van der Waals surface area contributed by atoms with E-state index in [-0.39, 0.29) is 0 Å². The van der Waals surface area contributed by atoms with Crippen LogP contribution in [0.3, 0.4) is 0 Å². The first-order chi connectivity index (χ1) is 7.71. The molecule has 1 unspecified atom stereocenters. The molecule has 96 valence electrons. The average Bonchev–Trinajstić information content (AvgIpc) is 2.32. The number of nitrogens with one attached hydrogen (secondary N) is 1. The maximum absolute atomic E-state index is 3.59. The van der Waals surface area contributed by atoms with E-state index < -0.39 is 0 Å². The van der Waals surface area contributed by atoms with E-state index in [0.29, 0.717) is 0 Å². The summed E-state index contributed by atoms with van der Waals surface area (Å²) in [6, 6.07) is 0.775. The Morgan fingerprint density at radius 3 is 2.06 bits per heavy atom. The highest BCUT2D eigenvalue weighted by atomic mass is 14.9. The Morgan fingerprint density at radius 2 is 1.62 bits per heavy atom. The van der Waals surface area contributed by atoms with Crippen LogP contribution in [0, 0.1) is 17.8 Å². The van der Waals surface area contributed by atoms with Gasteiger partial charge in [0.1, 0.15) is 0 Å². The third kappa shape index (κ3) is 4.08. The lowest BCUT2D eigenvalue weighted by atomic mass is 9.76. The molecular formula is C15H31N. The molecule has 1 rings (SSSR count). The van der Waals surface area contributed by atoms with Gasteiger partial charge in [0.25, 0.3) is 0 Å². The topological polar surface area (TPSA) is 12.0 Å². The van der Waals surface area contributed by atoms with Crippen LogP contribution < -0.4 is 5.32 Å². The second-order valence-electron chi connectivity index (χ2n) is 5.83. The molecule has 1 aliphatic carbocycles. The van der Waals surface area contributed by atoms with Crippen LogP contribution in [0.5, 0.6) is 0 Å². The highest BCUT2D eigenvalue weighted by Crippen LogP contribution is 2.33. The van der Waals surface area contributed by atoms with Gasteiger partial charge >= 0.3 is 0 Å². The standard InChI is InChI=1S/C15H31N/c1-5-13(6-2)11-15(16-4)14-9-7-12(3)8-10-14/h12-16H,5-11H2,1-4H3. The Labute approximate surface area is 102 Å². The first-order valence-corrected chi connectivity index (χ1v) is 7.38. The van der Waals surface area contributed by atoms with Crippen molar-refractivity contribution in [3.05, 3.63) is 0 Å². The highest BCUT2D eigenvalue weighted by molar-refractivity contribution is 4.81. The summed E-state index contributed by atoms with van der Waals surface area (Å²) in [5.74, 6) is 2.85. The maximum atomic E-state index is 3.59. The summed E-state index contributed by atoms with van der Waals surface area (Å²) < 4.78 is 0. The van der Waals surface area contributed by atoms with E-state index in [1.807, 2.05) is 0 Å². The average molecular weight is 225 g/mol. The molecule has 1 N–H and O–H groups in total. The maximum Gasteiger partial charge on any atom is 0.00949 e. The van der Waals surface area contributed by atoms with Crippen LogP contribution in [0.25, 0.3) is 0 Å². The Bertz CT molecular complexity index is 166. The van der Waals surface area contributed by atoms with Gasteiger partial charge in [0.05, 0.1) is 0 Å². The molecule has 1 nitrogen and oxygen atoms in total. The molecule has 0 saturated heterocycles. The third-order valence-corrected chi connectivity index (χ3v) is 4.74. The molecule has 0 aromatic heterocycles. The summed E-state index contributed by atoms with van der Waals surface area (Å²) in [7, 11) is 2.16. The zero-order valence-corrected chi connectivity index (χ0v) is 11.8. The van der Waals surface area contributed by atoms with Crippen LogP contribution >= 0.6 is 0 Å². The SMILES string of the molecule is CCC(CC)CC(NC)C1CCC(C)CC1. The molecule has 16 heavy (non-hydrogen) atoms. The highest BCUT2D eigenvalue weighted by Gasteiger charge is 2.26. The Hall–Kier alpha value is -0.0400. The first kappa shape index (κ1) is 14.0. The van der Waals surface area contributed by atoms with Crippen LogP contribution in [0.1, 0.15) is 65.7 Å². The molecule has 1 aliphatic rings. The molecule has 0 aliphatic heterocycles. The zero-order chi connectivity index (χ0) is 12.0. The molecule has 0 heterocycles. The van der Waals surface area contributed by atoms with E-state index in [2.05, 4.69) is 33.1 Å². The van der Waals surface area contributed by atoms with E-state index in [1.54, 1.807) is 0 Å². The lowest BCUT2D eigenvalue weighted by molar-refractivity contribution is 0.209. The second kappa shape index (κ2) is 7.32. The van der Waals surface area contributed by atoms with E-state index in [0.717, 1.165) is 23.8 Å². The van der Waals surface area contributed by atoms with Crippen molar-refractivity contribution in [3.8, 4) is 0 Å². The van der Waals surface area contributed by atoms with Crippen molar-refractivity contribution in [2.75, 3.05) is 7.05 Å². The lowest BCUT2D eigenvalue weighted by Crippen LogP contribution is -2.37. The van der Waals surface area contributed by atoms with Crippen LogP contribution in [0.4, 0.5) is 0 Å². The summed E-state index contributed by atoms with van der Waals surface area (Å²) >= 11 is 0. The predicted molar refractivity (Wildman–Crippen MR) is 72.7 cm³/mol. The minimum atomic E-state index is 0.775. The minimum absolute atomic E-state index is 0.775. The van der Waals surface area contributed by atoms with Gasteiger partial charge in [-0.25, -0.2) is 0 Å². The monoisotopic (exact) mass is 225 g/mol. The molecule has 0 amide bonds. The van der Waals surface area contributed by atoms with Gasteiger partial charge in [0.2, 0.25) is 0 Å². The fourth-order valence-corrected chi connectivity index (χ4v) is 3.22. The number of hydrogen-bond acceptors (Lipinski definition) is 1. The molecule has 1 heteroatoms. The molecule has 0 aromatic rings. The van der Waals surface area contributed by atoms with E-state index in [9.17, 15) is 0 Å². The molecule has 1 atom stereocenters. The first-order valence-electron chi connectivity index (χ1n) is 7.38. The van der Waals surface area contributed by atoms with E-state index >= 15 is 0 Å². The Morgan fingerprint density at radius 1 is 1.06 bits per heavy atom. The summed E-state index contributed by atoms with van der Waals surface area (Å²) in [4.78, 5) is 0. The van der Waals surface area contributed by atoms with Gasteiger partial charge in [-0.15, -0.1) is 0 Å². The van der Waals surface area contributed by atoms with E-state index in [1.165, 1.54) is 44.9 Å². The lowest BCUT2D eigenvalue weighted by Gasteiger charge is -2.34. The van der Waals surface area contributed by atoms with Crippen molar-refractivity contribution < 1.29 is 0 Å². The molecule has 1 fully saturated rings. The van der Waals surface area contributed by atoms with Gasteiger partial charge in [-0.2, -0.15) is 0 Å².